The van der Waals surface area contributed by atoms with E-state index in [1.807, 2.05) is 11.3 Å². The Morgan fingerprint density at radius 2 is 2.15 bits per heavy atom. The number of thiophene rings is 1. The largest absolute Gasteiger partial charge is 0.323 e. The van der Waals surface area contributed by atoms with Crippen molar-refractivity contribution in [2.75, 3.05) is 0 Å². The monoisotopic (exact) mass is 197 g/mol. The van der Waals surface area contributed by atoms with Crippen molar-refractivity contribution in [3.8, 4) is 0 Å². The van der Waals surface area contributed by atoms with Crippen molar-refractivity contribution in [1.29, 1.82) is 0 Å². The fourth-order valence-corrected chi connectivity index (χ4v) is 2.65. The molecule has 2 heteroatoms. The Hall–Kier alpha value is -0.340. The van der Waals surface area contributed by atoms with Crippen molar-refractivity contribution in [1.82, 2.24) is 0 Å². The van der Waals surface area contributed by atoms with Gasteiger partial charge in [0.1, 0.15) is 0 Å². The highest BCUT2D eigenvalue weighted by molar-refractivity contribution is 7.12. The molecule has 0 bridgehead atoms. The Labute approximate surface area is 85.0 Å². The summed E-state index contributed by atoms with van der Waals surface area (Å²) in [6.07, 6.45) is 3.59. The van der Waals surface area contributed by atoms with Crippen LogP contribution in [0.25, 0.3) is 0 Å². The van der Waals surface area contributed by atoms with Gasteiger partial charge in [0, 0.05) is 15.8 Å². The molecule has 0 amide bonds. The molecular weight excluding hydrogens is 178 g/mol. The zero-order chi connectivity index (χ0) is 9.84. The summed E-state index contributed by atoms with van der Waals surface area (Å²) in [5, 5.41) is 0. The highest BCUT2D eigenvalue weighted by Crippen LogP contribution is 2.28. The number of hydrogen-bond donors (Lipinski definition) is 1. The van der Waals surface area contributed by atoms with Crippen molar-refractivity contribution in [2.45, 2.75) is 46.1 Å². The van der Waals surface area contributed by atoms with Crippen LogP contribution in [-0.4, -0.2) is 0 Å². The molecule has 0 saturated carbocycles. The molecule has 0 fully saturated rings. The van der Waals surface area contributed by atoms with Crippen LogP contribution in [0.1, 0.15) is 47.5 Å². The Kier molecular flexibility index (Phi) is 3.94. The van der Waals surface area contributed by atoms with Crippen LogP contribution in [0.15, 0.2) is 6.07 Å². The third-order valence-electron chi connectivity index (χ3n) is 2.28. The van der Waals surface area contributed by atoms with E-state index in [-0.39, 0.29) is 6.04 Å². The highest BCUT2D eigenvalue weighted by Gasteiger charge is 2.10. The Bertz CT molecular complexity index is 265. The van der Waals surface area contributed by atoms with Gasteiger partial charge in [0.15, 0.2) is 0 Å². The number of unbranched alkanes of at least 4 members (excludes halogenated alkanes) is 1. The summed E-state index contributed by atoms with van der Waals surface area (Å²) < 4.78 is 0. The molecule has 1 unspecified atom stereocenters. The van der Waals surface area contributed by atoms with Crippen LogP contribution in [0.5, 0.6) is 0 Å². The van der Waals surface area contributed by atoms with Gasteiger partial charge in [-0.3, -0.25) is 0 Å². The Morgan fingerprint density at radius 3 is 2.62 bits per heavy atom. The van der Waals surface area contributed by atoms with Gasteiger partial charge in [0.25, 0.3) is 0 Å². The zero-order valence-electron chi connectivity index (χ0n) is 8.76. The summed E-state index contributed by atoms with van der Waals surface area (Å²) in [5.74, 6) is 0. The molecule has 13 heavy (non-hydrogen) atoms. The molecule has 1 atom stereocenters. The minimum atomic E-state index is 0.263. The van der Waals surface area contributed by atoms with Crippen molar-refractivity contribution in [3.63, 3.8) is 0 Å². The van der Waals surface area contributed by atoms with Gasteiger partial charge in [-0.15, -0.1) is 11.3 Å². The van der Waals surface area contributed by atoms with Crippen LogP contribution in [0.4, 0.5) is 0 Å². The minimum Gasteiger partial charge on any atom is -0.323 e. The van der Waals surface area contributed by atoms with Gasteiger partial charge in [-0.1, -0.05) is 19.8 Å². The first-order valence-corrected chi connectivity index (χ1v) is 5.79. The summed E-state index contributed by atoms with van der Waals surface area (Å²) in [4.78, 5) is 2.75. The second kappa shape index (κ2) is 4.77. The Balaban J connectivity index is 2.64. The summed E-state index contributed by atoms with van der Waals surface area (Å²) in [5.41, 5.74) is 7.47. The zero-order valence-corrected chi connectivity index (χ0v) is 9.58. The average molecular weight is 197 g/mol. The van der Waals surface area contributed by atoms with Gasteiger partial charge in [-0.05, 0) is 31.9 Å². The summed E-state index contributed by atoms with van der Waals surface area (Å²) in [6, 6.07) is 2.49. The SMILES string of the molecule is CCCCC(N)c1sc(C)cc1C. The van der Waals surface area contributed by atoms with Crippen LogP contribution >= 0.6 is 11.3 Å². The van der Waals surface area contributed by atoms with E-state index in [1.54, 1.807) is 0 Å². The van der Waals surface area contributed by atoms with Crippen LogP contribution in [0.3, 0.4) is 0 Å². The van der Waals surface area contributed by atoms with E-state index >= 15 is 0 Å². The van der Waals surface area contributed by atoms with Crippen LogP contribution < -0.4 is 5.73 Å². The van der Waals surface area contributed by atoms with E-state index < -0.39 is 0 Å². The van der Waals surface area contributed by atoms with E-state index in [1.165, 1.54) is 28.2 Å². The Morgan fingerprint density at radius 1 is 1.46 bits per heavy atom. The van der Waals surface area contributed by atoms with Gasteiger partial charge < -0.3 is 5.73 Å². The molecule has 1 aromatic heterocycles. The number of nitrogens with two attached hydrogens (primary N) is 1. The predicted molar refractivity (Wildman–Crippen MR) is 60.2 cm³/mol. The fourth-order valence-electron chi connectivity index (χ4n) is 1.58. The van der Waals surface area contributed by atoms with Crippen molar-refractivity contribution in [3.05, 3.63) is 21.4 Å². The molecule has 0 saturated heterocycles. The lowest BCUT2D eigenvalue weighted by Crippen LogP contribution is -2.09. The maximum atomic E-state index is 6.11. The molecule has 0 radical (unpaired) electrons. The third kappa shape index (κ3) is 2.82. The molecule has 0 aliphatic carbocycles. The second-order valence-electron chi connectivity index (χ2n) is 3.65. The molecule has 1 rings (SSSR count). The smallest absolute Gasteiger partial charge is 0.0392 e. The van der Waals surface area contributed by atoms with E-state index in [9.17, 15) is 0 Å². The molecule has 0 aliphatic rings. The summed E-state index contributed by atoms with van der Waals surface area (Å²) in [6.45, 7) is 6.51. The van der Waals surface area contributed by atoms with Crippen molar-refractivity contribution >= 4 is 11.3 Å². The number of aryl methyl sites for hydroxylation is 2. The quantitative estimate of drug-likeness (QED) is 0.784. The fraction of sp³-hybridized carbons (Fsp3) is 0.636. The molecule has 1 nitrogen and oxygen atoms in total. The molecule has 2 N–H and O–H groups in total. The topological polar surface area (TPSA) is 26.0 Å². The molecule has 0 aromatic carbocycles. The highest BCUT2D eigenvalue weighted by atomic mass is 32.1. The normalized spacial score (nSPS) is 13.2. The average Bonchev–Trinajstić information content (AvgIpc) is 2.41. The van der Waals surface area contributed by atoms with E-state index in [0.717, 1.165) is 6.42 Å². The van der Waals surface area contributed by atoms with Gasteiger partial charge in [0.05, 0.1) is 0 Å². The molecular formula is C11H19NS. The first kappa shape index (κ1) is 10.7. The van der Waals surface area contributed by atoms with Gasteiger partial charge in [-0.2, -0.15) is 0 Å². The van der Waals surface area contributed by atoms with Crippen LogP contribution in [0, 0.1) is 13.8 Å². The minimum absolute atomic E-state index is 0.263. The standard InChI is InChI=1S/C11H19NS/c1-4-5-6-10(12)11-8(2)7-9(3)13-11/h7,10H,4-6,12H2,1-3H3. The molecule has 1 heterocycles. The number of hydrogen-bond acceptors (Lipinski definition) is 2. The van der Waals surface area contributed by atoms with Gasteiger partial charge in [0.2, 0.25) is 0 Å². The first-order valence-electron chi connectivity index (χ1n) is 4.97. The molecule has 0 spiro atoms. The number of rotatable bonds is 4. The van der Waals surface area contributed by atoms with Crippen LogP contribution in [0.2, 0.25) is 0 Å². The van der Waals surface area contributed by atoms with E-state index in [4.69, 9.17) is 5.73 Å². The van der Waals surface area contributed by atoms with Gasteiger partial charge >= 0.3 is 0 Å². The molecule has 74 valence electrons. The lowest BCUT2D eigenvalue weighted by atomic mass is 10.1. The first-order chi connectivity index (χ1) is 6.15. The van der Waals surface area contributed by atoms with E-state index in [2.05, 4.69) is 26.8 Å². The van der Waals surface area contributed by atoms with Crippen LogP contribution in [-0.2, 0) is 0 Å². The van der Waals surface area contributed by atoms with Crippen molar-refractivity contribution < 1.29 is 0 Å². The lowest BCUT2D eigenvalue weighted by molar-refractivity contribution is 0.609. The maximum Gasteiger partial charge on any atom is 0.0392 e. The predicted octanol–water partition coefficient (Wildman–Crippen LogP) is 3.55. The van der Waals surface area contributed by atoms with Crippen molar-refractivity contribution in [2.24, 2.45) is 5.73 Å². The summed E-state index contributed by atoms with van der Waals surface area (Å²) in [7, 11) is 0. The lowest BCUT2D eigenvalue weighted by Gasteiger charge is -2.09. The molecule has 0 aliphatic heterocycles. The third-order valence-corrected chi connectivity index (χ3v) is 3.57. The molecule has 1 aromatic rings. The second-order valence-corrected chi connectivity index (χ2v) is 4.94. The van der Waals surface area contributed by atoms with Gasteiger partial charge in [-0.25, -0.2) is 0 Å². The summed E-state index contributed by atoms with van der Waals surface area (Å²) >= 11 is 1.85. The van der Waals surface area contributed by atoms with E-state index in [0.29, 0.717) is 0 Å². The maximum absolute atomic E-state index is 6.11.